The van der Waals surface area contributed by atoms with Gasteiger partial charge in [-0.1, -0.05) is 18.9 Å². The number of carbonyl (C=O) groups excluding carboxylic acids is 1. The number of pyridine rings is 1. The van der Waals surface area contributed by atoms with Crippen LogP contribution in [0.4, 0.5) is 0 Å². The number of amides is 1. The maximum atomic E-state index is 13.0. The Morgan fingerprint density at radius 3 is 2.77 bits per heavy atom. The maximum absolute atomic E-state index is 13.0. The first-order valence-electron chi connectivity index (χ1n) is 9.27. The highest BCUT2D eigenvalue weighted by atomic mass is 32.2. The first-order valence-corrected chi connectivity index (χ1v) is 10.8. The minimum absolute atomic E-state index is 0.0609. The number of piperidine rings is 1. The molecule has 2 aromatic rings. The fourth-order valence-corrected chi connectivity index (χ4v) is 5.78. The molecule has 0 bridgehead atoms. The van der Waals surface area contributed by atoms with Crippen molar-refractivity contribution in [2.75, 3.05) is 13.1 Å². The van der Waals surface area contributed by atoms with Gasteiger partial charge >= 0.3 is 0 Å². The van der Waals surface area contributed by atoms with Crippen molar-refractivity contribution >= 4 is 21.6 Å². The predicted molar refractivity (Wildman–Crippen MR) is 98.4 cm³/mol. The molecule has 1 amide bonds. The van der Waals surface area contributed by atoms with Gasteiger partial charge in [-0.3, -0.25) is 9.20 Å². The molecule has 7 nitrogen and oxygen atoms in total. The van der Waals surface area contributed by atoms with E-state index >= 15 is 0 Å². The quantitative estimate of drug-likeness (QED) is 0.882. The van der Waals surface area contributed by atoms with Crippen LogP contribution in [-0.4, -0.2) is 53.0 Å². The molecule has 1 saturated heterocycles. The van der Waals surface area contributed by atoms with Gasteiger partial charge in [0.25, 0.3) is 5.91 Å². The third-order valence-corrected chi connectivity index (χ3v) is 7.36. The van der Waals surface area contributed by atoms with Crippen LogP contribution in [0.15, 0.2) is 30.6 Å². The third-order valence-electron chi connectivity index (χ3n) is 5.44. The van der Waals surface area contributed by atoms with Crippen LogP contribution in [0.5, 0.6) is 0 Å². The minimum Gasteiger partial charge on any atom is -0.336 e. The second-order valence-corrected chi connectivity index (χ2v) is 9.22. The highest BCUT2D eigenvalue weighted by Gasteiger charge is 2.35. The van der Waals surface area contributed by atoms with Crippen LogP contribution >= 0.6 is 0 Å². The fraction of sp³-hybridized carbons (Fsp3) is 0.556. The standard InChI is InChI=1S/C18H24N4O3S/c23-18(16-8-3-9-17-19-10-12-22(16)17)21-11-4-7-15(13-21)26(24,25)20-14-5-1-2-6-14/h3,8-10,12,14-15,20H,1-2,4-7,11,13H2/t15-/m1/s1. The van der Waals surface area contributed by atoms with Crippen molar-refractivity contribution in [3.63, 3.8) is 0 Å². The van der Waals surface area contributed by atoms with Crippen LogP contribution in [0.3, 0.4) is 0 Å². The first-order chi connectivity index (χ1) is 12.5. The van der Waals surface area contributed by atoms with E-state index in [1.807, 2.05) is 6.07 Å². The molecular weight excluding hydrogens is 352 g/mol. The predicted octanol–water partition coefficient (Wildman–Crippen LogP) is 1.80. The summed E-state index contributed by atoms with van der Waals surface area (Å²) in [7, 11) is -3.41. The lowest BCUT2D eigenvalue weighted by molar-refractivity contribution is 0.0719. The van der Waals surface area contributed by atoms with Gasteiger partial charge in [0.1, 0.15) is 11.3 Å². The summed E-state index contributed by atoms with van der Waals surface area (Å²) in [5.74, 6) is -0.144. The summed E-state index contributed by atoms with van der Waals surface area (Å²) in [5, 5.41) is -0.539. The molecule has 2 aromatic heterocycles. The number of imidazole rings is 1. The lowest BCUT2D eigenvalue weighted by Gasteiger charge is -2.33. The molecule has 8 heteroatoms. The fourth-order valence-electron chi connectivity index (χ4n) is 4.03. The number of fused-ring (bicyclic) bond motifs is 1. The average molecular weight is 376 g/mol. The molecule has 2 fully saturated rings. The Kier molecular flexibility index (Phi) is 4.71. The highest BCUT2D eigenvalue weighted by Crippen LogP contribution is 2.23. The van der Waals surface area contributed by atoms with Crippen LogP contribution in [0.25, 0.3) is 5.65 Å². The summed E-state index contributed by atoms with van der Waals surface area (Å²) in [6.45, 7) is 0.825. The lowest BCUT2D eigenvalue weighted by Crippen LogP contribution is -2.50. The molecule has 3 heterocycles. The summed E-state index contributed by atoms with van der Waals surface area (Å²) in [4.78, 5) is 18.9. The minimum atomic E-state index is -3.41. The zero-order valence-corrected chi connectivity index (χ0v) is 15.5. The van der Waals surface area contributed by atoms with E-state index in [0.717, 1.165) is 25.7 Å². The van der Waals surface area contributed by atoms with Crippen LogP contribution in [-0.2, 0) is 10.0 Å². The van der Waals surface area contributed by atoms with E-state index < -0.39 is 15.3 Å². The number of sulfonamides is 1. The van der Waals surface area contributed by atoms with Crippen molar-refractivity contribution in [2.45, 2.75) is 49.8 Å². The molecule has 26 heavy (non-hydrogen) atoms. The van der Waals surface area contributed by atoms with Crippen molar-refractivity contribution < 1.29 is 13.2 Å². The van der Waals surface area contributed by atoms with Gasteiger partial charge in [0.2, 0.25) is 10.0 Å². The van der Waals surface area contributed by atoms with Gasteiger partial charge in [0.05, 0.1) is 5.25 Å². The van der Waals surface area contributed by atoms with Gasteiger partial charge in [0.15, 0.2) is 0 Å². The van der Waals surface area contributed by atoms with E-state index in [1.165, 1.54) is 0 Å². The van der Waals surface area contributed by atoms with Gasteiger partial charge in [0, 0.05) is 31.5 Å². The van der Waals surface area contributed by atoms with Crippen molar-refractivity contribution in [2.24, 2.45) is 0 Å². The molecule has 0 spiro atoms. The van der Waals surface area contributed by atoms with Crippen LogP contribution in [0, 0.1) is 0 Å². The van der Waals surface area contributed by atoms with Gasteiger partial charge in [-0.15, -0.1) is 0 Å². The summed E-state index contributed by atoms with van der Waals surface area (Å²) in [5.41, 5.74) is 1.22. The Balaban J connectivity index is 1.51. The molecule has 1 saturated carbocycles. The van der Waals surface area contributed by atoms with Gasteiger partial charge in [-0.2, -0.15) is 0 Å². The normalized spacial score (nSPS) is 22.2. The van der Waals surface area contributed by atoms with Crippen LogP contribution < -0.4 is 4.72 Å². The molecule has 4 rings (SSSR count). The number of aromatic nitrogens is 2. The summed E-state index contributed by atoms with van der Waals surface area (Å²) >= 11 is 0. The highest BCUT2D eigenvalue weighted by molar-refractivity contribution is 7.90. The topological polar surface area (TPSA) is 83.8 Å². The Morgan fingerprint density at radius 1 is 1.15 bits per heavy atom. The number of likely N-dealkylation sites (tertiary alicyclic amines) is 1. The van der Waals surface area contributed by atoms with E-state index in [-0.39, 0.29) is 18.5 Å². The smallest absolute Gasteiger partial charge is 0.270 e. The Hall–Kier alpha value is -1.93. The molecule has 1 aliphatic heterocycles. The number of rotatable bonds is 4. The molecule has 0 unspecified atom stereocenters. The maximum Gasteiger partial charge on any atom is 0.270 e. The molecule has 0 radical (unpaired) electrons. The Labute approximate surface area is 153 Å². The van der Waals surface area contributed by atoms with E-state index in [0.29, 0.717) is 30.7 Å². The number of hydrogen-bond acceptors (Lipinski definition) is 4. The van der Waals surface area contributed by atoms with Crippen molar-refractivity contribution in [1.29, 1.82) is 0 Å². The molecule has 0 aromatic carbocycles. The van der Waals surface area contributed by atoms with Crippen molar-refractivity contribution in [3.05, 3.63) is 36.3 Å². The SMILES string of the molecule is O=C(c1cccc2nccn12)N1CCC[C@@H](S(=O)(=O)NC2CCCC2)C1. The molecule has 1 N–H and O–H groups in total. The summed E-state index contributed by atoms with van der Waals surface area (Å²) in [6.07, 6.45) is 8.69. The van der Waals surface area contributed by atoms with E-state index in [1.54, 1.807) is 33.8 Å². The molecule has 1 aliphatic carbocycles. The number of carbonyl (C=O) groups is 1. The van der Waals surface area contributed by atoms with Crippen LogP contribution in [0.2, 0.25) is 0 Å². The largest absolute Gasteiger partial charge is 0.336 e. The molecular formula is C18H24N4O3S. The van der Waals surface area contributed by atoms with E-state index in [9.17, 15) is 13.2 Å². The van der Waals surface area contributed by atoms with Gasteiger partial charge in [-0.05, 0) is 37.8 Å². The molecule has 1 atom stereocenters. The third kappa shape index (κ3) is 3.35. The monoisotopic (exact) mass is 376 g/mol. The van der Waals surface area contributed by atoms with Gasteiger partial charge in [-0.25, -0.2) is 18.1 Å². The van der Waals surface area contributed by atoms with E-state index in [4.69, 9.17) is 0 Å². The number of hydrogen-bond donors (Lipinski definition) is 1. The van der Waals surface area contributed by atoms with Crippen molar-refractivity contribution in [3.8, 4) is 0 Å². The van der Waals surface area contributed by atoms with E-state index in [2.05, 4.69) is 9.71 Å². The number of nitrogens with zero attached hydrogens (tertiary/aromatic N) is 3. The lowest BCUT2D eigenvalue weighted by atomic mass is 10.1. The average Bonchev–Trinajstić information content (AvgIpc) is 3.32. The van der Waals surface area contributed by atoms with Gasteiger partial charge < -0.3 is 4.90 Å². The molecule has 140 valence electrons. The number of nitrogens with one attached hydrogen (secondary N) is 1. The second-order valence-electron chi connectivity index (χ2n) is 7.23. The Bertz CT molecular complexity index is 902. The zero-order valence-electron chi connectivity index (χ0n) is 14.7. The van der Waals surface area contributed by atoms with Crippen molar-refractivity contribution in [1.82, 2.24) is 19.0 Å². The second kappa shape index (κ2) is 7.00. The summed E-state index contributed by atoms with van der Waals surface area (Å²) < 4.78 is 30.1. The zero-order chi connectivity index (χ0) is 18.1. The first kappa shape index (κ1) is 17.5. The molecule has 2 aliphatic rings. The van der Waals surface area contributed by atoms with Crippen LogP contribution in [0.1, 0.15) is 49.0 Å². The Morgan fingerprint density at radius 2 is 1.96 bits per heavy atom. The summed E-state index contributed by atoms with van der Waals surface area (Å²) in [6, 6.07) is 5.46.